The molecule has 0 amide bonds. The normalized spacial score (nSPS) is 19.3. The topological polar surface area (TPSA) is 66.5 Å². The smallest absolute Gasteiger partial charge is 0.311 e. The highest BCUT2D eigenvalue weighted by Gasteiger charge is 2.41. The van der Waals surface area contributed by atoms with Crippen molar-refractivity contribution in [1.29, 1.82) is 0 Å². The Morgan fingerprint density at radius 3 is 1.78 bits per heavy atom. The summed E-state index contributed by atoms with van der Waals surface area (Å²) in [6.07, 6.45) is -4.21. The molecule has 0 aromatic heterocycles. The van der Waals surface area contributed by atoms with Gasteiger partial charge >= 0.3 is 5.92 Å². The van der Waals surface area contributed by atoms with Crippen molar-refractivity contribution in [2.75, 3.05) is 0 Å². The lowest BCUT2D eigenvalue weighted by atomic mass is 10.2. The standard InChI is InChI=1S/C4H9F2NO2/c1-2(8)4(5,6)3(7)9/h2-3,8-9H,7H2,1H3. The van der Waals surface area contributed by atoms with Gasteiger partial charge in [0.05, 0.1) is 0 Å². The fourth-order valence-corrected chi connectivity index (χ4v) is 0.247. The summed E-state index contributed by atoms with van der Waals surface area (Å²) >= 11 is 0. The molecule has 0 aromatic rings. The third-order valence-corrected chi connectivity index (χ3v) is 0.951. The Morgan fingerprint density at radius 2 is 1.78 bits per heavy atom. The van der Waals surface area contributed by atoms with Gasteiger partial charge in [0.1, 0.15) is 6.10 Å². The molecule has 0 radical (unpaired) electrons. The van der Waals surface area contributed by atoms with Crippen LogP contribution in [0.15, 0.2) is 0 Å². The number of nitrogens with two attached hydrogens (primary N) is 1. The van der Waals surface area contributed by atoms with E-state index in [4.69, 9.17) is 10.2 Å². The first-order valence-electron chi connectivity index (χ1n) is 2.38. The number of halogens is 2. The summed E-state index contributed by atoms with van der Waals surface area (Å²) in [5, 5.41) is 16.4. The molecule has 0 heterocycles. The van der Waals surface area contributed by atoms with Crippen LogP contribution in [-0.4, -0.2) is 28.5 Å². The van der Waals surface area contributed by atoms with Crippen molar-refractivity contribution >= 4 is 0 Å². The van der Waals surface area contributed by atoms with Gasteiger partial charge in [-0.05, 0) is 6.92 Å². The maximum atomic E-state index is 12.0. The van der Waals surface area contributed by atoms with Crippen LogP contribution in [0.4, 0.5) is 8.78 Å². The molecule has 0 aliphatic carbocycles. The highest BCUT2D eigenvalue weighted by Crippen LogP contribution is 2.19. The van der Waals surface area contributed by atoms with Crippen LogP contribution < -0.4 is 5.73 Å². The summed E-state index contributed by atoms with van der Waals surface area (Å²) in [5.41, 5.74) is 4.42. The molecule has 9 heavy (non-hydrogen) atoms. The average molecular weight is 141 g/mol. The van der Waals surface area contributed by atoms with Gasteiger partial charge in [-0.1, -0.05) is 0 Å². The number of hydrogen-bond donors (Lipinski definition) is 3. The van der Waals surface area contributed by atoms with Crippen molar-refractivity contribution < 1.29 is 19.0 Å². The summed E-state index contributed by atoms with van der Waals surface area (Å²) in [7, 11) is 0. The Balaban J connectivity index is 4.01. The second-order valence-corrected chi connectivity index (χ2v) is 1.80. The van der Waals surface area contributed by atoms with E-state index >= 15 is 0 Å². The van der Waals surface area contributed by atoms with E-state index in [0.717, 1.165) is 6.92 Å². The van der Waals surface area contributed by atoms with Gasteiger partial charge in [0.2, 0.25) is 0 Å². The average Bonchev–Trinajstić information content (AvgIpc) is 1.65. The summed E-state index contributed by atoms with van der Waals surface area (Å²) in [4.78, 5) is 0. The van der Waals surface area contributed by atoms with Crippen LogP contribution in [0, 0.1) is 0 Å². The van der Waals surface area contributed by atoms with Crippen molar-refractivity contribution in [3.05, 3.63) is 0 Å². The lowest BCUT2D eigenvalue weighted by Gasteiger charge is -2.21. The summed E-state index contributed by atoms with van der Waals surface area (Å²) in [5.74, 6) is -3.61. The van der Waals surface area contributed by atoms with Crippen LogP contribution in [0.1, 0.15) is 6.92 Å². The molecule has 0 aromatic carbocycles. The fraction of sp³-hybridized carbons (Fsp3) is 1.00. The van der Waals surface area contributed by atoms with E-state index in [1.807, 2.05) is 0 Å². The maximum absolute atomic E-state index is 12.0. The van der Waals surface area contributed by atoms with E-state index < -0.39 is 18.3 Å². The third kappa shape index (κ3) is 1.85. The number of alkyl halides is 2. The number of aliphatic hydroxyl groups excluding tert-OH is 2. The van der Waals surface area contributed by atoms with Gasteiger partial charge in [-0.2, -0.15) is 8.78 Å². The zero-order chi connectivity index (χ0) is 7.65. The Morgan fingerprint density at radius 1 is 1.44 bits per heavy atom. The van der Waals surface area contributed by atoms with Gasteiger partial charge in [-0.15, -0.1) is 0 Å². The van der Waals surface area contributed by atoms with E-state index in [2.05, 4.69) is 5.73 Å². The number of aliphatic hydroxyl groups is 2. The minimum absolute atomic E-state index is 0.857. The van der Waals surface area contributed by atoms with Gasteiger partial charge in [0.15, 0.2) is 6.23 Å². The first kappa shape index (κ1) is 8.74. The predicted octanol–water partition coefficient (Wildman–Crippen LogP) is -0.720. The van der Waals surface area contributed by atoms with Crippen LogP contribution in [0.2, 0.25) is 0 Å². The highest BCUT2D eigenvalue weighted by molar-refractivity contribution is 4.76. The molecule has 2 unspecified atom stereocenters. The largest absolute Gasteiger partial charge is 0.387 e. The minimum atomic E-state index is -3.61. The lowest BCUT2D eigenvalue weighted by Crippen LogP contribution is -2.48. The van der Waals surface area contributed by atoms with Crippen LogP contribution in [0.3, 0.4) is 0 Å². The molecule has 0 bridgehead atoms. The SMILES string of the molecule is CC(O)C(F)(F)C(N)O. The van der Waals surface area contributed by atoms with Gasteiger partial charge in [0.25, 0.3) is 0 Å². The van der Waals surface area contributed by atoms with E-state index in [1.165, 1.54) is 0 Å². The molecule has 0 saturated carbocycles. The van der Waals surface area contributed by atoms with E-state index in [0.29, 0.717) is 0 Å². The predicted molar refractivity (Wildman–Crippen MR) is 26.8 cm³/mol. The van der Waals surface area contributed by atoms with E-state index in [9.17, 15) is 8.78 Å². The van der Waals surface area contributed by atoms with Crippen LogP contribution in [0.25, 0.3) is 0 Å². The molecule has 0 fully saturated rings. The summed E-state index contributed by atoms with van der Waals surface area (Å²) < 4.78 is 24.1. The Kier molecular flexibility index (Phi) is 2.48. The van der Waals surface area contributed by atoms with Crippen molar-refractivity contribution in [1.82, 2.24) is 0 Å². The molecule has 3 nitrogen and oxygen atoms in total. The Bertz CT molecular complexity index is 84.6. The van der Waals surface area contributed by atoms with Gasteiger partial charge in [-0.25, -0.2) is 0 Å². The molecule has 5 heteroatoms. The van der Waals surface area contributed by atoms with Crippen molar-refractivity contribution in [2.45, 2.75) is 25.2 Å². The molecule has 0 spiro atoms. The van der Waals surface area contributed by atoms with Crippen molar-refractivity contribution in [2.24, 2.45) is 5.73 Å². The van der Waals surface area contributed by atoms with Crippen molar-refractivity contribution in [3.8, 4) is 0 Å². The molecule has 0 saturated heterocycles. The molecule has 2 atom stereocenters. The second-order valence-electron chi connectivity index (χ2n) is 1.80. The lowest BCUT2D eigenvalue weighted by molar-refractivity contribution is -0.168. The van der Waals surface area contributed by atoms with Gasteiger partial charge in [0, 0.05) is 0 Å². The fourth-order valence-electron chi connectivity index (χ4n) is 0.247. The first-order chi connectivity index (χ1) is 3.89. The Labute approximate surface area is 51.1 Å². The quantitative estimate of drug-likeness (QED) is 0.444. The zero-order valence-electron chi connectivity index (χ0n) is 4.88. The zero-order valence-corrected chi connectivity index (χ0v) is 4.88. The number of hydrogen-bond acceptors (Lipinski definition) is 3. The van der Waals surface area contributed by atoms with Crippen LogP contribution in [0.5, 0.6) is 0 Å². The monoisotopic (exact) mass is 141 g/mol. The van der Waals surface area contributed by atoms with Crippen LogP contribution in [-0.2, 0) is 0 Å². The second kappa shape index (κ2) is 2.55. The molecular formula is C4H9F2NO2. The maximum Gasteiger partial charge on any atom is 0.311 e. The molecule has 0 aliphatic rings. The van der Waals surface area contributed by atoms with E-state index in [1.54, 1.807) is 0 Å². The first-order valence-corrected chi connectivity index (χ1v) is 2.38. The summed E-state index contributed by atoms with van der Waals surface area (Å²) in [6.45, 7) is 0.857. The van der Waals surface area contributed by atoms with Crippen LogP contribution >= 0.6 is 0 Å². The van der Waals surface area contributed by atoms with E-state index in [-0.39, 0.29) is 0 Å². The molecular weight excluding hydrogens is 132 g/mol. The van der Waals surface area contributed by atoms with Gasteiger partial charge in [-0.3, -0.25) is 0 Å². The molecule has 56 valence electrons. The molecule has 4 N–H and O–H groups in total. The van der Waals surface area contributed by atoms with Gasteiger partial charge < -0.3 is 15.9 Å². The third-order valence-electron chi connectivity index (χ3n) is 0.951. The minimum Gasteiger partial charge on any atom is -0.387 e. The van der Waals surface area contributed by atoms with Crippen molar-refractivity contribution in [3.63, 3.8) is 0 Å². The molecule has 0 rings (SSSR count). The number of rotatable bonds is 2. The highest BCUT2D eigenvalue weighted by atomic mass is 19.3. The Hall–Kier alpha value is -0.260. The summed E-state index contributed by atoms with van der Waals surface area (Å²) in [6, 6.07) is 0. The molecule has 0 aliphatic heterocycles.